The van der Waals surface area contributed by atoms with Gasteiger partial charge < -0.3 is 15.5 Å². The standard InChI is InChI=1S/C26H29F4N3O2S/c27-20-8-5-17(25(34)32-18-14-21(28)24(30)22(29)15-18)13-23(20)36-19-6-3-16(4-7-19)26(35)33-11-1-9-31-10-2-12-33/h5,8,13-16,19,31H,1-4,6-7,9-12H2,(H,32,34). The van der Waals surface area contributed by atoms with Crippen molar-refractivity contribution in [2.45, 2.75) is 48.7 Å². The number of amides is 2. The van der Waals surface area contributed by atoms with Gasteiger partial charge in [0, 0.05) is 52.5 Å². The van der Waals surface area contributed by atoms with Gasteiger partial charge in [0.15, 0.2) is 17.5 Å². The van der Waals surface area contributed by atoms with Crippen LogP contribution in [0.5, 0.6) is 0 Å². The second kappa shape index (κ2) is 12.1. The molecule has 2 N–H and O–H groups in total. The lowest BCUT2D eigenvalue weighted by molar-refractivity contribution is -0.136. The van der Waals surface area contributed by atoms with Gasteiger partial charge in [0.1, 0.15) is 5.82 Å². The summed E-state index contributed by atoms with van der Waals surface area (Å²) in [6, 6.07) is 5.21. The van der Waals surface area contributed by atoms with Gasteiger partial charge >= 0.3 is 0 Å². The molecule has 1 aliphatic heterocycles. The van der Waals surface area contributed by atoms with Crippen LogP contribution in [-0.4, -0.2) is 48.1 Å². The fourth-order valence-electron chi connectivity index (χ4n) is 4.68. The summed E-state index contributed by atoms with van der Waals surface area (Å²) >= 11 is 1.33. The topological polar surface area (TPSA) is 61.4 Å². The fraction of sp³-hybridized carbons (Fsp3) is 0.462. The molecule has 2 fully saturated rings. The lowest BCUT2D eigenvalue weighted by Crippen LogP contribution is -2.42. The van der Waals surface area contributed by atoms with E-state index in [0.717, 1.165) is 64.7 Å². The predicted molar refractivity (Wildman–Crippen MR) is 131 cm³/mol. The summed E-state index contributed by atoms with van der Waals surface area (Å²) in [5.74, 6) is -5.41. The Bertz CT molecular complexity index is 1080. The number of hydrogen-bond acceptors (Lipinski definition) is 4. The Labute approximate surface area is 212 Å². The second-order valence-electron chi connectivity index (χ2n) is 9.23. The highest BCUT2D eigenvalue weighted by Crippen LogP contribution is 2.38. The molecule has 0 radical (unpaired) electrons. The molecule has 0 aromatic heterocycles. The third-order valence-electron chi connectivity index (χ3n) is 6.63. The van der Waals surface area contributed by atoms with Crippen LogP contribution in [0.1, 0.15) is 48.9 Å². The number of carbonyl (C=O) groups is 2. The number of benzene rings is 2. The zero-order valence-electron chi connectivity index (χ0n) is 19.8. The van der Waals surface area contributed by atoms with Crippen LogP contribution in [0.25, 0.3) is 0 Å². The minimum absolute atomic E-state index is 0.00676. The van der Waals surface area contributed by atoms with E-state index in [2.05, 4.69) is 10.6 Å². The van der Waals surface area contributed by atoms with E-state index in [1.165, 1.54) is 30.0 Å². The van der Waals surface area contributed by atoms with E-state index >= 15 is 0 Å². The lowest BCUT2D eigenvalue weighted by atomic mass is 9.87. The maximum absolute atomic E-state index is 14.5. The van der Waals surface area contributed by atoms with Gasteiger partial charge in [-0.2, -0.15) is 0 Å². The van der Waals surface area contributed by atoms with Crippen molar-refractivity contribution in [3.63, 3.8) is 0 Å². The smallest absolute Gasteiger partial charge is 0.255 e. The number of thioether (sulfide) groups is 1. The molecule has 2 amide bonds. The molecule has 0 atom stereocenters. The molecule has 2 aromatic carbocycles. The summed E-state index contributed by atoms with van der Waals surface area (Å²) < 4.78 is 54.6. The fourth-order valence-corrected chi connectivity index (χ4v) is 5.92. The summed E-state index contributed by atoms with van der Waals surface area (Å²) in [5.41, 5.74) is -0.131. The van der Waals surface area contributed by atoms with Gasteiger partial charge in [-0.15, -0.1) is 11.8 Å². The van der Waals surface area contributed by atoms with Gasteiger partial charge in [-0.1, -0.05) is 0 Å². The molecule has 5 nitrogen and oxygen atoms in total. The summed E-state index contributed by atoms with van der Waals surface area (Å²) in [7, 11) is 0. The number of nitrogens with zero attached hydrogens (tertiary/aromatic N) is 1. The van der Waals surface area contributed by atoms with Crippen molar-refractivity contribution in [3.8, 4) is 0 Å². The van der Waals surface area contributed by atoms with E-state index in [-0.39, 0.29) is 28.3 Å². The van der Waals surface area contributed by atoms with Crippen LogP contribution in [0.15, 0.2) is 35.2 Å². The molecule has 2 aliphatic rings. The maximum atomic E-state index is 14.5. The van der Waals surface area contributed by atoms with Crippen LogP contribution in [0.2, 0.25) is 0 Å². The minimum Gasteiger partial charge on any atom is -0.342 e. The SMILES string of the molecule is O=C(Nc1cc(F)c(F)c(F)c1)c1ccc(F)c(SC2CCC(C(=O)N3CCCNCCC3)CC2)c1. The number of carbonyl (C=O) groups excluding carboxylic acids is 2. The highest BCUT2D eigenvalue weighted by molar-refractivity contribution is 8.00. The van der Waals surface area contributed by atoms with Gasteiger partial charge in [0.2, 0.25) is 5.91 Å². The molecule has 1 heterocycles. The molecule has 4 rings (SSSR count). The van der Waals surface area contributed by atoms with Crippen molar-refractivity contribution in [1.29, 1.82) is 0 Å². The summed E-state index contributed by atoms with van der Waals surface area (Å²) in [6.45, 7) is 3.40. The number of rotatable bonds is 5. The van der Waals surface area contributed by atoms with Crippen LogP contribution >= 0.6 is 11.8 Å². The molecule has 1 saturated carbocycles. The van der Waals surface area contributed by atoms with Crippen molar-refractivity contribution in [3.05, 3.63) is 59.2 Å². The molecule has 1 saturated heterocycles. The average Bonchev–Trinajstić information content (AvgIpc) is 2.84. The van der Waals surface area contributed by atoms with E-state index in [1.54, 1.807) is 0 Å². The summed E-state index contributed by atoms with van der Waals surface area (Å²) in [4.78, 5) is 27.8. The number of nitrogens with one attached hydrogen (secondary N) is 2. The Balaban J connectivity index is 1.34. The molecule has 0 bridgehead atoms. The zero-order chi connectivity index (χ0) is 25.7. The van der Waals surface area contributed by atoms with Crippen molar-refractivity contribution >= 4 is 29.3 Å². The summed E-state index contributed by atoms with van der Waals surface area (Å²) in [6.07, 6.45) is 4.92. The number of anilines is 1. The first kappa shape index (κ1) is 26.5. The van der Waals surface area contributed by atoms with Gasteiger partial charge in [0.05, 0.1) is 0 Å². The molecule has 0 spiro atoms. The molecule has 36 heavy (non-hydrogen) atoms. The van der Waals surface area contributed by atoms with E-state index in [0.29, 0.717) is 17.0 Å². The second-order valence-corrected chi connectivity index (χ2v) is 10.6. The first-order valence-corrected chi connectivity index (χ1v) is 13.1. The van der Waals surface area contributed by atoms with E-state index < -0.39 is 29.2 Å². The van der Waals surface area contributed by atoms with E-state index in [1.807, 2.05) is 4.90 Å². The largest absolute Gasteiger partial charge is 0.342 e. The Morgan fingerprint density at radius 1 is 0.889 bits per heavy atom. The van der Waals surface area contributed by atoms with E-state index in [9.17, 15) is 27.2 Å². The van der Waals surface area contributed by atoms with Crippen molar-refractivity contribution in [1.82, 2.24) is 10.2 Å². The summed E-state index contributed by atoms with van der Waals surface area (Å²) in [5, 5.41) is 5.77. The van der Waals surface area contributed by atoms with Crippen molar-refractivity contribution in [2.24, 2.45) is 5.92 Å². The third kappa shape index (κ3) is 6.59. The molecule has 10 heteroatoms. The van der Waals surface area contributed by atoms with Crippen molar-refractivity contribution < 1.29 is 27.2 Å². The molecular weight excluding hydrogens is 494 g/mol. The molecule has 0 unspecified atom stereocenters. The Kier molecular flexibility index (Phi) is 8.90. The van der Waals surface area contributed by atoms with Crippen LogP contribution in [0.4, 0.5) is 23.2 Å². The van der Waals surface area contributed by atoms with Crippen LogP contribution in [0, 0.1) is 29.2 Å². The predicted octanol–water partition coefficient (Wildman–Crippen LogP) is 5.36. The molecule has 2 aromatic rings. The Morgan fingerprint density at radius 2 is 1.53 bits per heavy atom. The van der Waals surface area contributed by atoms with Gasteiger partial charge in [-0.25, -0.2) is 17.6 Å². The Hall–Kier alpha value is -2.59. The monoisotopic (exact) mass is 523 g/mol. The maximum Gasteiger partial charge on any atom is 0.255 e. The van der Waals surface area contributed by atoms with Crippen LogP contribution in [-0.2, 0) is 4.79 Å². The van der Waals surface area contributed by atoms with Crippen molar-refractivity contribution in [2.75, 3.05) is 31.5 Å². The zero-order valence-corrected chi connectivity index (χ0v) is 20.6. The molecule has 194 valence electrons. The highest BCUT2D eigenvalue weighted by atomic mass is 32.2. The van der Waals surface area contributed by atoms with E-state index in [4.69, 9.17) is 0 Å². The first-order chi connectivity index (χ1) is 17.3. The Morgan fingerprint density at radius 3 is 2.17 bits per heavy atom. The van der Waals surface area contributed by atoms with Crippen LogP contribution in [0.3, 0.4) is 0 Å². The normalized spacial score (nSPS) is 20.9. The number of halogens is 4. The van der Waals surface area contributed by atoms with Crippen LogP contribution < -0.4 is 10.6 Å². The highest BCUT2D eigenvalue weighted by Gasteiger charge is 2.30. The third-order valence-corrected chi connectivity index (χ3v) is 8.00. The lowest BCUT2D eigenvalue weighted by Gasteiger charge is -2.33. The van der Waals surface area contributed by atoms with Gasteiger partial charge in [0.25, 0.3) is 5.91 Å². The minimum atomic E-state index is -1.62. The average molecular weight is 524 g/mol. The van der Waals surface area contributed by atoms with Gasteiger partial charge in [-0.3, -0.25) is 9.59 Å². The molecule has 1 aliphatic carbocycles. The van der Waals surface area contributed by atoms with Gasteiger partial charge in [-0.05, 0) is 69.8 Å². The molecular formula is C26H29F4N3O2S. The number of hydrogen-bond donors (Lipinski definition) is 2. The quantitative estimate of drug-likeness (QED) is 0.409. The first-order valence-electron chi connectivity index (χ1n) is 12.2.